The van der Waals surface area contributed by atoms with E-state index in [1.807, 2.05) is 0 Å². The van der Waals surface area contributed by atoms with Crippen LogP contribution in [0.1, 0.15) is 31.2 Å². The van der Waals surface area contributed by atoms with Crippen molar-refractivity contribution in [3.05, 3.63) is 35.4 Å². The highest BCUT2D eigenvalue weighted by atomic mass is 19.2. The van der Waals surface area contributed by atoms with E-state index in [1.165, 1.54) is 6.07 Å². The van der Waals surface area contributed by atoms with Crippen LogP contribution in [-0.2, 0) is 6.42 Å². The molecular formula is C13H17F2NO. The summed E-state index contributed by atoms with van der Waals surface area (Å²) in [7, 11) is 0. The molecule has 0 heterocycles. The first-order chi connectivity index (χ1) is 7.98. The minimum absolute atomic E-state index is 0.000884. The first-order valence-electron chi connectivity index (χ1n) is 5.90. The van der Waals surface area contributed by atoms with E-state index in [4.69, 9.17) is 5.73 Å². The van der Waals surface area contributed by atoms with E-state index >= 15 is 0 Å². The lowest BCUT2D eigenvalue weighted by Crippen LogP contribution is -2.42. The van der Waals surface area contributed by atoms with Gasteiger partial charge in [0.15, 0.2) is 11.6 Å². The highest BCUT2D eigenvalue weighted by Gasteiger charge is 2.33. The van der Waals surface area contributed by atoms with Crippen LogP contribution in [0.3, 0.4) is 0 Å². The first-order valence-corrected chi connectivity index (χ1v) is 5.90. The fourth-order valence-electron chi connectivity index (χ4n) is 2.58. The van der Waals surface area contributed by atoms with Gasteiger partial charge < -0.3 is 10.8 Å². The quantitative estimate of drug-likeness (QED) is 0.833. The Morgan fingerprint density at radius 2 is 2.12 bits per heavy atom. The van der Waals surface area contributed by atoms with Crippen molar-refractivity contribution in [3.63, 3.8) is 0 Å². The van der Waals surface area contributed by atoms with Crippen LogP contribution in [0.15, 0.2) is 18.2 Å². The molecule has 1 saturated carbocycles. The van der Waals surface area contributed by atoms with Crippen LogP contribution >= 0.6 is 0 Å². The van der Waals surface area contributed by atoms with Crippen LogP contribution in [-0.4, -0.2) is 16.7 Å². The number of halogens is 2. The molecule has 0 aromatic heterocycles. The lowest BCUT2D eigenvalue weighted by atomic mass is 9.78. The average Bonchev–Trinajstić information content (AvgIpc) is 2.22. The highest BCUT2D eigenvalue weighted by Crippen LogP contribution is 2.30. The zero-order valence-electron chi connectivity index (χ0n) is 9.63. The fourth-order valence-corrected chi connectivity index (χ4v) is 2.58. The molecule has 1 aromatic carbocycles. The normalized spacial score (nSPS) is 29.3. The van der Waals surface area contributed by atoms with Gasteiger partial charge in [0, 0.05) is 12.5 Å². The Hall–Kier alpha value is -1.00. The molecule has 0 radical (unpaired) electrons. The van der Waals surface area contributed by atoms with E-state index in [0.29, 0.717) is 24.8 Å². The molecule has 1 fully saturated rings. The number of nitrogens with two attached hydrogens (primary N) is 1. The number of hydrogen-bond acceptors (Lipinski definition) is 2. The average molecular weight is 241 g/mol. The van der Waals surface area contributed by atoms with E-state index in [2.05, 4.69) is 0 Å². The summed E-state index contributed by atoms with van der Waals surface area (Å²) in [5.74, 6) is -1.73. The number of aliphatic hydroxyl groups is 1. The van der Waals surface area contributed by atoms with Crippen molar-refractivity contribution >= 4 is 0 Å². The zero-order chi connectivity index (χ0) is 12.5. The molecule has 2 unspecified atom stereocenters. The van der Waals surface area contributed by atoms with Gasteiger partial charge in [0.25, 0.3) is 0 Å². The van der Waals surface area contributed by atoms with Gasteiger partial charge in [0.05, 0.1) is 5.60 Å². The molecule has 2 nitrogen and oxygen atoms in total. The molecule has 4 heteroatoms. The van der Waals surface area contributed by atoms with Crippen LogP contribution in [0.4, 0.5) is 8.78 Å². The Kier molecular flexibility index (Phi) is 3.45. The molecule has 0 bridgehead atoms. The summed E-state index contributed by atoms with van der Waals surface area (Å²) in [5, 5.41) is 10.4. The summed E-state index contributed by atoms with van der Waals surface area (Å²) >= 11 is 0. The monoisotopic (exact) mass is 241 g/mol. The van der Waals surface area contributed by atoms with E-state index in [1.54, 1.807) is 0 Å². The standard InChI is InChI=1S/C13H17F2NO/c14-11-4-3-9(6-12(11)15)7-13(17)5-1-2-10(16)8-13/h3-4,6,10,17H,1-2,5,7-8,16H2. The minimum Gasteiger partial charge on any atom is -0.389 e. The van der Waals surface area contributed by atoms with Gasteiger partial charge in [0.2, 0.25) is 0 Å². The van der Waals surface area contributed by atoms with Crippen molar-refractivity contribution in [2.45, 2.75) is 43.7 Å². The molecule has 0 saturated heterocycles. The first kappa shape index (κ1) is 12.5. The van der Waals surface area contributed by atoms with Crippen molar-refractivity contribution in [1.29, 1.82) is 0 Å². The summed E-state index contributed by atoms with van der Waals surface area (Å²) < 4.78 is 25.8. The molecular weight excluding hydrogens is 224 g/mol. The Balaban J connectivity index is 2.11. The largest absolute Gasteiger partial charge is 0.389 e. The topological polar surface area (TPSA) is 46.2 Å². The molecule has 1 aliphatic carbocycles. The maximum atomic E-state index is 13.1. The predicted octanol–water partition coefficient (Wildman–Crippen LogP) is 2.14. The SMILES string of the molecule is NC1CCCC(O)(Cc2ccc(F)c(F)c2)C1. The fraction of sp³-hybridized carbons (Fsp3) is 0.538. The zero-order valence-corrected chi connectivity index (χ0v) is 9.63. The summed E-state index contributed by atoms with van der Waals surface area (Å²) in [4.78, 5) is 0. The maximum Gasteiger partial charge on any atom is 0.159 e. The highest BCUT2D eigenvalue weighted by molar-refractivity contribution is 5.20. The van der Waals surface area contributed by atoms with Crippen LogP contribution in [0.5, 0.6) is 0 Å². The Morgan fingerprint density at radius 3 is 2.76 bits per heavy atom. The third kappa shape index (κ3) is 3.01. The second kappa shape index (κ2) is 4.70. The van der Waals surface area contributed by atoms with Crippen molar-refractivity contribution in [2.75, 3.05) is 0 Å². The molecule has 94 valence electrons. The van der Waals surface area contributed by atoms with Crippen LogP contribution < -0.4 is 5.73 Å². The summed E-state index contributed by atoms with van der Waals surface area (Å²) in [6, 6.07) is 3.75. The lowest BCUT2D eigenvalue weighted by Gasteiger charge is -2.35. The Labute approximate surface area is 99.4 Å². The van der Waals surface area contributed by atoms with Gasteiger partial charge in [-0.15, -0.1) is 0 Å². The number of rotatable bonds is 2. The van der Waals surface area contributed by atoms with Crippen molar-refractivity contribution in [1.82, 2.24) is 0 Å². The summed E-state index contributed by atoms with van der Waals surface area (Å²) in [6.07, 6.45) is 3.31. The molecule has 2 rings (SSSR count). The van der Waals surface area contributed by atoms with Crippen molar-refractivity contribution < 1.29 is 13.9 Å². The van der Waals surface area contributed by atoms with Crippen molar-refractivity contribution in [2.24, 2.45) is 5.73 Å². The van der Waals surface area contributed by atoms with Crippen LogP contribution in [0.25, 0.3) is 0 Å². The van der Waals surface area contributed by atoms with E-state index in [9.17, 15) is 13.9 Å². The van der Waals surface area contributed by atoms with Gasteiger partial charge in [0.1, 0.15) is 0 Å². The van der Waals surface area contributed by atoms with Crippen molar-refractivity contribution in [3.8, 4) is 0 Å². The maximum absolute atomic E-state index is 13.1. The van der Waals surface area contributed by atoms with Crippen LogP contribution in [0, 0.1) is 11.6 Å². The molecule has 1 aromatic rings. The van der Waals surface area contributed by atoms with Gasteiger partial charge in [-0.25, -0.2) is 8.78 Å². The third-order valence-corrected chi connectivity index (χ3v) is 3.38. The molecule has 17 heavy (non-hydrogen) atoms. The van der Waals surface area contributed by atoms with E-state index < -0.39 is 17.2 Å². The lowest BCUT2D eigenvalue weighted by molar-refractivity contribution is -0.00196. The minimum atomic E-state index is -0.873. The molecule has 0 aliphatic heterocycles. The summed E-state index contributed by atoms with van der Waals surface area (Å²) in [6.45, 7) is 0. The third-order valence-electron chi connectivity index (χ3n) is 3.38. The number of hydrogen-bond donors (Lipinski definition) is 2. The smallest absolute Gasteiger partial charge is 0.159 e. The molecule has 2 atom stereocenters. The number of benzene rings is 1. The second-order valence-electron chi connectivity index (χ2n) is 5.01. The predicted molar refractivity (Wildman–Crippen MR) is 61.5 cm³/mol. The van der Waals surface area contributed by atoms with E-state index in [0.717, 1.165) is 25.0 Å². The second-order valence-corrected chi connectivity index (χ2v) is 5.01. The van der Waals surface area contributed by atoms with Gasteiger partial charge in [-0.3, -0.25) is 0 Å². The molecule has 0 spiro atoms. The summed E-state index contributed by atoms with van der Waals surface area (Å²) in [5.41, 5.74) is 5.56. The Bertz CT molecular complexity index is 410. The molecule has 1 aliphatic rings. The Morgan fingerprint density at radius 1 is 1.35 bits per heavy atom. The van der Waals surface area contributed by atoms with E-state index in [-0.39, 0.29) is 6.04 Å². The van der Waals surface area contributed by atoms with Gasteiger partial charge >= 0.3 is 0 Å². The molecule has 3 N–H and O–H groups in total. The van der Waals surface area contributed by atoms with Gasteiger partial charge in [-0.05, 0) is 43.4 Å². The molecule has 0 amide bonds. The van der Waals surface area contributed by atoms with Crippen LogP contribution in [0.2, 0.25) is 0 Å². The van der Waals surface area contributed by atoms with Gasteiger partial charge in [-0.2, -0.15) is 0 Å². The van der Waals surface area contributed by atoms with Gasteiger partial charge in [-0.1, -0.05) is 6.07 Å².